The number of thiazole rings is 1. The van der Waals surface area contributed by atoms with Crippen molar-refractivity contribution < 1.29 is 4.57 Å². The van der Waals surface area contributed by atoms with Crippen LogP contribution in [0.3, 0.4) is 0 Å². The lowest BCUT2D eigenvalue weighted by Crippen LogP contribution is -2.35. The van der Waals surface area contributed by atoms with Crippen LogP contribution in [0.15, 0.2) is 84.4 Å². The van der Waals surface area contributed by atoms with Crippen LogP contribution in [0.4, 0.5) is 0 Å². The molecular formula is C21H18NS+. The average Bonchev–Trinajstić information content (AvgIpc) is 3.02. The molecule has 1 nitrogen and oxygen atoms in total. The first kappa shape index (κ1) is 14.2. The van der Waals surface area contributed by atoms with Crippen molar-refractivity contribution in [3.8, 4) is 0 Å². The first-order chi connectivity index (χ1) is 11.4. The van der Waals surface area contributed by atoms with Gasteiger partial charge in [-0.05, 0) is 16.3 Å². The summed E-state index contributed by atoms with van der Waals surface area (Å²) in [5.74, 6) is 0. The van der Waals surface area contributed by atoms with E-state index in [9.17, 15) is 0 Å². The summed E-state index contributed by atoms with van der Waals surface area (Å²) < 4.78 is 2.36. The van der Waals surface area contributed by atoms with Crippen LogP contribution in [-0.2, 0) is 13.0 Å². The van der Waals surface area contributed by atoms with Gasteiger partial charge in [0.1, 0.15) is 0 Å². The molecule has 0 saturated carbocycles. The zero-order valence-electron chi connectivity index (χ0n) is 12.9. The fourth-order valence-corrected chi connectivity index (χ4v) is 3.80. The quantitative estimate of drug-likeness (QED) is 0.475. The van der Waals surface area contributed by atoms with Crippen molar-refractivity contribution in [2.45, 2.75) is 13.0 Å². The molecule has 0 fully saturated rings. The van der Waals surface area contributed by atoms with Gasteiger partial charge in [0, 0.05) is 5.56 Å². The van der Waals surface area contributed by atoms with Gasteiger partial charge in [0.25, 0.3) is 0 Å². The molecule has 0 radical (unpaired) electrons. The van der Waals surface area contributed by atoms with Crippen molar-refractivity contribution in [3.63, 3.8) is 0 Å². The van der Waals surface area contributed by atoms with Gasteiger partial charge in [-0.15, -0.1) is 0 Å². The number of rotatable bonds is 4. The molecular weight excluding hydrogens is 298 g/mol. The Morgan fingerprint density at radius 2 is 1.52 bits per heavy atom. The van der Waals surface area contributed by atoms with E-state index in [0.29, 0.717) is 0 Å². The Labute approximate surface area is 140 Å². The van der Waals surface area contributed by atoms with Gasteiger partial charge in [0.05, 0.1) is 11.8 Å². The van der Waals surface area contributed by atoms with E-state index < -0.39 is 0 Å². The first-order valence-electron chi connectivity index (χ1n) is 7.86. The van der Waals surface area contributed by atoms with Crippen LogP contribution in [0.25, 0.3) is 10.8 Å². The van der Waals surface area contributed by atoms with Gasteiger partial charge >= 0.3 is 0 Å². The Morgan fingerprint density at radius 3 is 2.39 bits per heavy atom. The smallest absolute Gasteiger partial charge is 0.188 e. The number of benzene rings is 3. The maximum Gasteiger partial charge on any atom is 0.241 e. The highest BCUT2D eigenvalue weighted by molar-refractivity contribution is 7.09. The number of nitrogens with zero attached hydrogens (tertiary/aromatic N) is 1. The minimum absolute atomic E-state index is 0.938. The zero-order chi connectivity index (χ0) is 15.5. The third-order valence-electron chi connectivity index (χ3n) is 4.13. The number of fused-ring (bicyclic) bond motifs is 1. The standard InChI is InChI=1S/C21H18NS/c1-2-6-17(7-3-1)16-22-12-13-23-21(22)15-18-10-11-19-8-4-5-9-20(19)14-18/h1-14H,15-16H2/q+1. The van der Waals surface area contributed by atoms with Crippen LogP contribution < -0.4 is 4.57 Å². The van der Waals surface area contributed by atoms with Crippen molar-refractivity contribution in [1.29, 1.82) is 0 Å². The van der Waals surface area contributed by atoms with Crippen LogP contribution in [0.1, 0.15) is 16.1 Å². The molecule has 0 amide bonds. The third kappa shape index (κ3) is 3.17. The minimum atomic E-state index is 0.938. The molecule has 0 atom stereocenters. The number of aromatic nitrogens is 1. The van der Waals surface area contributed by atoms with Crippen LogP contribution >= 0.6 is 11.3 Å². The largest absolute Gasteiger partial charge is 0.241 e. The molecule has 3 aromatic carbocycles. The molecule has 1 aromatic heterocycles. The summed E-state index contributed by atoms with van der Waals surface area (Å²) in [4.78, 5) is 0. The molecule has 23 heavy (non-hydrogen) atoms. The predicted molar refractivity (Wildman–Crippen MR) is 96.8 cm³/mol. The first-order valence-corrected chi connectivity index (χ1v) is 8.74. The molecule has 0 unspecified atom stereocenters. The van der Waals surface area contributed by atoms with Crippen LogP contribution in [-0.4, -0.2) is 0 Å². The van der Waals surface area contributed by atoms with Gasteiger partial charge in [-0.2, -0.15) is 4.57 Å². The summed E-state index contributed by atoms with van der Waals surface area (Å²) in [6, 6.07) is 26.0. The summed E-state index contributed by atoms with van der Waals surface area (Å²) in [7, 11) is 0. The van der Waals surface area contributed by atoms with Crippen LogP contribution in [0, 0.1) is 0 Å². The fourth-order valence-electron chi connectivity index (χ4n) is 2.92. The Bertz CT molecular complexity index is 925. The van der Waals surface area contributed by atoms with Gasteiger partial charge in [-0.1, -0.05) is 84.1 Å². The molecule has 0 aliphatic carbocycles. The Hall–Kier alpha value is -2.45. The summed E-state index contributed by atoms with van der Waals surface area (Å²) >= 11 is 1.83. The highest BCUT2D eigenvalue weighted by atomic mass is 32.1. The van der Waals surface area contributed by atoms with E-state index in [4.69, 9.17) is 0 Å². The Morgan fingerprint density at radius 1 is 0.739 bits per heavy atom. The van der Waals surface area contributed by atoms with E-state index in [1.807, 2.05) is 11.3 Å². The highest BCUT2D eigenvalue weighted by Gasteiger charge is 2.14. The van der Waals surface area contributed by atoms with Crippen LogP contribution in [0.5, 0.6) is 0 Å². The molecule has 112 valence electrons. The summed E-state index contributed by atoms with van der Waals surface area (Å²) in [5.41, 5.74) is 2.71. The van der Waals surface area contributed by atoms with E-state index in [2.05, 4.69) is 88.9 Å². The van der Waals surface area contributed by atoms with Gasteiger partial charge in [-0.3, -0.25) is 0 Å². The van der Waals surface area contributed by atoms with E-state index in [1.165, 1.54) is 26.9 Å². The normalized spacial score (nSPS) is 11.0. The topological polar surface area (TPSA) is 3.88 Å². The summed E-state index contributed by atoms with van der Waals surface area (Å²) in [6.07, 6.45) is 3.17. The second-order valence-corrected chi connectivity index (χ2v) is 6.75. The zero-order valence-corrected chi connectivity index (χ0v) is 13.7. The van der Waals surface area contributed by atoms with Crippen molar-refractivity contribution in [2.75, 3.05) is 0 Å². The second-order valence-electron chi connectivity index (χ2n) is 5.77. The van der Waals surface area contributed by atoms with Crippen molar-refractivity contribution in [3.05, 3.63) is 101 Å². The molecule has 0 spiro atoms. The molecule has 4 aromatic rings. The van der Waals surface area contributed by atoms with Gasteiger partial charge in [0.2, 0.25) is 5.01 Å². The predicted octanol–water partition coefficient (Wildman–Crippen LogP) is 4.83. The average molecular weight is 316 g/mol. The van der Waals surface area contributed by atoms with Gasteiger partial charge in [-0.25, -0.2) is 0 Å². The lowest BCUT2D eigenvalue weighted by Gasteiger charge is -2.03. The molecule has 1 heterocycles. The van der Waals surface area contributed by atoms with E-state index in [-0.39, 0.29) is 0 Å². The second kappa shape index (κ2) is 6.35. The molecule has 0 aliphatic rings. The van der Waals surface area contributed by atoms with Gasteiger partial charge in [0.15, 0.2) is 12.7 Å². The molecule has 2 heteroatoms. The Balaban J connectivity index is 1.60. The lowest BCUT2D eigenvalue weighted by molar-refractivity contribution is -0.690. The summed E-state index contributed by atoms with van der Waals surface area (Å²) in [5, 5.41) is 6.19. The van der Waals surface area contributed by atoms with Crippen LogP contribution in [0.2, 0.25) is 0 Å². The number of hydrogen-bond acceptors (Lipinski definition) is 1. The monoisotopic (exact) mass is 316 g/mol. The highest BCUT2D eigenvalue weighted by Crippen LogP contribution is 2.18. The fraction of sp³-hybridized carbons (Fsp3) is 0.0952. The molecule has 0 bridgehead atoms. The van der Waals surface area contributed by atoms with Crippen molar-refractivity contribution in [1.82, 2.24) is 0 Å². The molecule has 4 rings (SSSR count). The maximum absolute atomic E-state index is 2.36. The minimum Gasteiger partial charge on any atom is -0.188 e. The van der Waals surface area contributed by atoms with Crippen molar-refractivity contribution >= 4 is 22.1 Å². The van der Waals surface area contributed by atoms with Crippen molar-refractivity contribution in [2.24, 2.45) is 0 Å². The van der Waals surface area contributed by atoms with E-state index in [1.54, 1.807) is 0 Å². The third-order valence-corrected chi connectivity index (χ3v) is 5.04. The molecule has 0 aliphatic heterocycles. The van der Waals surface area contributed by atoms with Gasteiger partial charge < -0.3 is 0 Å². The van der Waals surface area contributed by atoms with E-state index in [0.717, 1.165) is 13.0 Å². The SMILES string of the molecule is c1ccc(C[n+]2ccsc2Cc2ccc3ccccc3c2)cc1. The molecule has 0 saturated heterocycles. The maximum atomic E-state index is 2.36. The number of hydrogen-bond donors (Lipinski definition) is 0. The Kier molecular flexibility index (Phi) is 3.91. The lowest BCUT2D eigenvalue weighted by atomic mass is 10.1. The molecule has 0 N–H and O–H groups in total. The van der Waals surface area contributed by atoms with E-state index >= 15 is 0 Å². The summed E-state index contributed by atoms with van der Waals surface area (Å²) in [6.45, 7) is 0.938.